The van der Waals surface area contributed by atoms with Crippen molar-refractivity contribution in [1.82, 2.24) is 10.2 Å². The van der Waals surface area contributed by atoms with Crippen molar-refractivity contribution < 1.29 is 9.59 Å². The fourth-order valence-electron chi connectivity index (χ4n) is 1.98. The molecule has 1 aromatic carbocycles. The topological polar surface area (TPSA) is 101 Å². The van der Waals surface area contributed by atoms with Crippen LogP contribution in [0.15, 0.2) is 18.2 Å². The third kappa shape index (κ3) is 5.43. The fourth-order valence-corrected chi connectivity index (χ4v) is 1.98. The van der Waals surface area contributed by atoms with Crippen LogP contribution >= 0.6 is 0 Å². The molecule has 0 spiro atoms. The van der Waals surface area contributed by atoms with Gasteiger partial charge in [0.1, 0.15) is 0 Å². The second-order valence-corrected chi connectivity index (χ2v) is 5.30. The van der Waals surface area contributed by atoms with Gasteiger partial charge in [-0.1, -0.05) is 13.0 Å². The summed E-state index contributed by atoms with van der Waals surface area (Å²) < 4.78 is 0. The molecule has 116 valence electrons. The molecule has 1 rings (SSSR count). The van der Waals surface area contributed by atoms with E-state index in [2.05, 4.69) is 5.32 Å². The maximum absolute atomic E-state index is 11.8. The second-order valence-electron chi connectivity index (χ2n) is 5.30. The van der Waals surface area contributed by atoms with E-state index in [9.17, 15) is 9.59 Å². The van der Waals surface area contributed by atoms with Crippen molar-refractivity contribution in [3.8, 4) is 0 Å². The Morgan fingerprint density at radius 1 is 1.33 bits per heavy atom. The summed E-state index contributed by atoms with van der Waals surface area (Å²) in [5.41, 5.74) is 12.9. The molecule has 0 saturated carbocycles. The van der Waals surface area contributed by atoms with Crippen LogP contribution in [0.4, 0.5) is 5.69 Å². The van der Waals surface area contributed by atoms with E-state index in [0.717, 1.165) is 12.1 Å². The molecule has 0 bridgehead atoms. The highest BCUT2D eigenvalue weighted by Gasteiger charge is 2.12. The van der Waals surface area contributed by atoms with Gasteiger partial charge in [-0.25, -0.2) is 0 Å². The number of nitrogens with one attached hydrogen (secondary N) is 1. The number of primary amides is 1. The highest BCUT2D eigenvalue weighted by molar-refractivity contribution is 5.93. The highest BCUT2D eigenvalue weighted by Crippen LogP contribution is 2.16. The summed E-state index contributed by atoms with van der Waals surface area (Å²) >= 11 is 0. The zero-order valence-electron chi connectivity index (χ0n) is 12.8. The van der Waals surface area contributed by atoms with Crippen molar-refractivity contribution in [2.75, 3.05) is 18.8 Å². The molecule has 0 aliphatic heterocycles. The Morgan fingerprint density at radius 3 is 2.48 bits per heavy atom. The Hall–Kier alpha value is -2.08. The molecule has 0 fully saturated rings. The Morgan fingerprint density at radius 2 is 2.00 bits per heavy atom. The summed E-state index contributed by atoms with van der Waals surface area (Å²) in [7, 11) is 0. The molecule has 0 saturated heterocycles. The summed E-state index contributed by atoms with van der Waals surface area (Å²) in [6.07, 6.45) is 0. The number of hydrogen-bond acceptors (Lipinski definition) is 4. The van der Waals surface area contributed by atoms with Crippen LogP contribution in [0, 0.1) is 0 Å². The summed E-state index contributed by atoms with van der Waals surface area (Å²) in [6, 6.07) is 5.12. The van der Waals surface area contributed by atoms with Gasteiger partial charge in [0.15, 0.2) is 0 Å². The zero-order valence-corrected chi connectivity index (χ0v) is 12.8. The van der Waals surface area contributed by atoms with Crippen LogP contribution in [0.5, 0.6) is 0 Å². The van der Waals surface area contributed by atoms with Gasteiger partial charge in [0, 0.05) is 23.8 Å². The molecule has 0 atom stereocenters. The van der Waals surface area contributed by atoms with E-state index in [-0.39, 0.29) is 11.9 Å². The SMILES string of the molecule is CCN(CC(=O)NC(C)C)Cc1ccc(C(N)=O)cc1N. The van der Waals surface area contributed by atoms with Gasteiger partial charge in [-0.05, 0) is 38.1 Å². The number of hydrogen-bond donors (Lipinski definition) is 3. The van der Waals surface area contributed by atoms with Crippen LogP contribution in [-0.4, -0.2) is 35.8 Å². The van der Waals surface area contributed by atoms with Crippen LogP contribution in [-0.2, 0) is 11.3 Å². The lowest BCUT2D eigenvalue weighted by atomic mass is 10.1. The average Bonchev–Trinajstić information content (AvgIpc) is 2.38. The number of carbonyl (C=O) groups excluding carboxylic acids is 2. The summed E-state index contributed by atoms with van der Waals surface area (Å²) in [6.45, 7) is 7.42. The monoisotopic (exact) mass is 292 g/mol. The van der Waals surface area contributed by atoms with Gasteiger partial charge in [-0.2, -0.15) is 0 Å². The van der Waals surface area contributed by atoms with Crippen molar-refractivity contribution in [1.29, 1.82) is 0 Å². The average molecular weight is 292 g/mol. The smallest absolute Gasteiger partial charge is 0.248 e. The van der Waals surface area contributed by atoms with Crippen molar-refractivity contribution in [3.05, 3.63) is 29.3 Å². The molecular weight excluding hydrogens is 268 g/mol. The van der Waals surface area contributed by atoms with Crippen LogP contribution in [0.2, 0.25) is 0 Å². The lowest BCUT2D eigenvalue weighted by Crippen LogP contribution is -2.39. The van der Waals surface area contributed by atoms with Crippen molar-refractivity contribution in [3.63, 3.8) is 0 Å². The molecule has 1 aromatic rings. The lowest BCUT2D eigenvalue weighted by Gasteiger charge is -2.21. The van der Waals surface area contributed by atoms with Gasteiger partial charge < -0.3 is 16.8 Å². The predicted molar refractivity (Wildman–Crippen MR) is 83.6 cm³/mol. The van der Waals surface area contributed by atoms with E-state index >= 15 is 0 Å². The Balaban J connectivity index is 2.73. The first kappa shape index (κ1) is 17.0. The minimum atomic E-state index is -0.503. The Bertz CT molecular complexity index is 514. The second kappa shape index (κ2) is 7.64. The number of rotatable bonds is 7. The van der Waals surface area contributed by atoms with Crippen LogP contribution in [0.1, 0.15) is 36.7 Å². The van der Waals surface area contributed by atoms with Gasteiger partial charge in [-0.15, -0.1) is 0 Å². The number of carbonyl (C=O) groups is 2. The van der Waals surface area contributed by atoms with Gasteiger partial charge in [0.05, 0.1) is 6.54 Å². The summed E-state index contributed by atoms with van der Waals surface area (Å²) in [4.78, 5) is 24.9. The number of nitrogen functional groups attached to an aromatic ring is 1. The first-order valence-corrected chi connectivity index (χ1v) is 7.03. The van der Waals surface area contributed by atoms with E-state index in [4.69, 9.17) is 11.5 Å². The molecule has 0 unspecified atom stereocenters. The summed E-state index contributed by atoms with van der Waals surface area (Å²) in [5.74, 6) is -0.518. The molecule has 0 aromatic heterocycles. The number of nitrogens with two attached hydrogens (primary N) is 2. The van der Waals surface area contributed by atoms with E-state index in [0.29, 0.717) is 24.3 Å². The maximum Gasteiger partial charge on any atom is 0.248 e. The fraction of sp³-hybridized carbons (Fsp3) is 0.467. The van der Waals surface area contributed by atoms with E-state index < -0.39 is 5.91 Å². The van der Waals surface area contributed by atoms with Crippen LogP contribution in [0.25, 0.3) is 0 Å². The molecular formula is C15H24N4O2. The van der Waals surface area contributed by atoms with Gasteiger partial charge in [0.2, 0.25) is 11.8 Å². The molecule has 21 heavy (non-hydrogen) atoms. The minimum Gasteiger partial charge on any atom is -0.398 e. The number of anilines is 1. The number of nitrogens with zero attached hydrogens (tertiary/aromatic N) is 1. The molecule has 5 N–H and O–H groups in total. The molecule has 0 aliphatic carbocycles. The molecule has 0 radical (unpaired) electrons. The van der Waals surface area contributed by atoms with Crippen LogP contribution in [0.3, 0.4) is 0 Å². The number of amides is 2. The molecule has 6 nitrogen and oxygen atoms in total. The predicted octanol–water partition coefficient (Wildman–Crippen LogP) is 0.714. The number of benzene rings is 1. The first-order valence-electron chi connectivity index (χ1n) is 7.03. The first-order chi connectivity index (χ1) is 9.83. The normalized spacial score (nSPS) is 10.9. The minimum absolute atomic E-state index is 0.0147. The van der Waals surface area contributed by atoms with Crippen molar-refractivity contribution in [2.45, 2.75) is 33.4 Å². The van der Waals surface area contributed by atoms with Crippen molar-refractivity contribution >= 4 is 17.5 Å². The number of likely N-dealkylation sites (N-methyl/N-ethyl adjacent to an activating group) is 1. The Labute approximate surface area is 125 Å². The van der Waals surface area contributed by atoms with Crippen molar-refractivity contribution in [2.24, 2.45) is 5.73 Å². The van der Waals surface area contributed by atoms with E-state index in [1.807, 2.05) is 25.7 Å². The molecule has 0 aliphatic rings. The zero-order chi connectivity index (χ0) is 16.0. The molecule has 0 heterocycles. The quantitative estimate of drug-likeness (QED) is 0.644. The van der Waals surface area contributed by atoms with Gasteiger partial charge in [0.25, 0.3) is 0 Å². The summed E-state index contributed by atoms with van der Waals surface area (Å²) in [5, 5.41) is 2.86. The van der Waals surface area contributed by atoms with Gasteiger partial charge in [-0.3, -0.25) is 14.5 Å². The maximum atomic E-state index is 11.8. The van der Waals surface area contributed by atoms with Gasteiger partial charge >= 0.3 is 0 Å². The Kier molecular flexibility index (Phi) is 6.17. The standard InChI is InChI=1S/C15H24N4O2/c1-4-19(9-14(20)18-10(2)3)8-12-6-5-11(15(17)21)7-13(12)16/h5-7,10H,4,8-9,16H2,1-3H3,(H2,17,21)(H,18,20). The lowest BCUT2D eigenvalue weighted by molar-refractivity contribution is -0.122. The third-order valence-corrected chi connectivity index (χ3v) is 3.09. The van der Waals surface area contributed by atoms with Crippen LogP contribution < -0.4 is 16.8 Å². The van der Waals surface area contributed by atoms with E-state index in [1.54, 1.807) is 18.2 Å². The third-order valence-electron chi connectivity index (χ3n) is 3.09. The largest absolute Gasteiger partial charge is 0.398 e. The molecule has 2 amide bonds. The van der Waals surface area contributed by atoms with E-state index in [1.165, 1.54) is 0 Å². The molecule has 6 heteroatoms. The highest BCUT2D eigenvalue weighted by atomic mass is 16.2.